The van der Waals surface area contributed by atoms with Crippen LogP contribution in [0.25, 0.3) is 33.0 Å². The summed E-state index contributed by atoms with van der Waals surface area (Å²) in [7, 11) is 0. The van der Waals surface area contributed by atoms with Crippen LogP contribution in [-0.2, 0) is 6.42 Å². The summed E-state index contributed by atoms with van der Waals surface area (Å²) in [6, 6.07) is 16.3. The van der Waals surface area contributed by atoms with Crippen molar-refractivity contribution in [3.8, 4) is 22.3 Å². The fourth-order valence-electron chi connectivity index (χ4n) is 4.10. The van der Waals surface area contributed by atoms with Gasteiger partial charge in [-0.15, -0.1) is 0 Å². The summed E-state index contributed by atoms with van der Waals surface area (Å²) in [6.07, 6.45) is 5.67. The third-order valence-corrected chi connectivity index (χ3v) is 5.79. The molecule has 0 nitrogen and oxygen atoms in total. The molecule has 0 aliphatic rings. The monoisotopic (exact) mass is 436 g/mol. The summed E-state index contributed by atoms with van der Waals surface area (Å²) in [5.41, 5.74) is 1.98. The van der Waals surface area contributed by atoms with Gasteiger partial charge in [-0.25, -0.2) is 17.6 Å². The quantitative estimate of drug-likeness (QED) is 0.200. The van der Waals surface area contributed by atoms with Gasteiger partial charge in [0.05, 0.1) is 0 Å². The van der Waals surface area contributed by atoms with E-state index in [0.717, 1.165) is 36.4 Å². The molecule has 0 saturated carbocycles. The van der Waals surface area contributed by atoms with Crippen LogP contribution >= 0.6 is 0 Å². The highest BCUT2D eigenvalue weighted by atomic mass is 19.1. The van der Waals surface area contributed by atoms with Gasteiger partial charge in [0.15, 0.2) is 0 Å². The maximum atomic E-state index is 15.3. The van der Waals surface area contributed by atoms with Gasteiger partial charge < -0.3 is 0 Å². The minimum absolute atomic E-state index is 0.0565. The van der Waals surface area contributed by atoms with Crippen LogP contribution in [0.5, 0.6) is 0 Å². The Labute approximate surface area is 185 Å². The highest BCUT2D eigenvalue weighted by molar-refractivity contribution is 5.89. The van der Waals surface area contributed by atoms with Gasteiger partial charge in [0.25, 0.3) is 0 Å². The smallest absolute Gasteiger partial charge is 0.138 e. The highest BCUT2D eigenvalue weighted by Crippen LogP contribution is 2.33. The maximum Gasteiger partial charge on any atom is 0.138 e. The van der Waals surface area contributed by atoms with Crippen LogP contribution in [0, 0.1) is 23.3 Å². The Balaban J connectivity index is 1.64. The zero-order valence-electron chi connectivity index (χ0n) is 17.9. The summed E-state index contributed by atoms with van der Waals surface area (Å²) in [5, 5.41) is 1.29. The lowest BCUT2D eigenvalue weighted by Crippen LogP contribution is -1.92. The zero-order chi connectivity index (χ0) is 22.7. The van der Waals surface area contributed by atoms with Gasteiger partial charge in [-0.05, 0) is 53.1 Å². The lowest BCUT2D eigenvalue weighted by atomic mass is 9.96. The van der Waals surface area contributed by atoms with Gasteiger partial charge in [0.2, 0.25) is 0 Å². The second-order valence-electron chi connectivity index (χ2n) is 8.15. The van der Waals surface area contributed by atoms with Crippen molar-refractivity contribution < 1.29 is 17.6 Å². The van der Waals surface area contributed by atoms with Crippen LogP contribution in [0.4, 0.5) is 17.6 Å². The van der Waals surface area contributed by atoms with Crippen LogP contribution < -0.4 is 0 Å². The standard InChI is InChI=1S/C28H24F4/c1-2-3-4-5-6-18-7-10-25-19(13-18)9-12-26(28(25)32)20-8-11-24(27(31)16-20)21-14-22(29)17-23(30)15-21/h7-17H,2-6H2,1H3. The van der Waals surface area contributed by atoms with Crippen molar-refractivity contribution in [2.75, 3.05) is 0 Å². The second-order valence-corrected chi connectivity index (χ2v) is 8.15. The maximum absolute atomic E-state index is 15.3. The molecule has 0 atom stereocenters. The fraction of sp³-hybridized carbons (Fsp3) is 0.214. The molecule has 0 spiro atoms. The van der Waals surface area contributed by atoms with Gasteiger partial charge in [-0.3, -0.25) is 0 Å². The molecule has 0 heterocycles. The van der Waals surface area contributed by atoms with Gasteiger partial charge in [0.1, 0.15) is 23.3 Å². The van der Waals surface area contributed by atoms with Crippen molar-refractivity contribution in [1.29, 1.82) is 0 Å². The van der Waals surface area contributed by atoms with Crippen molar-refractivity contribution in [3.05, 3.63) is 95.6 Å². The number of halogens is 4. The first-order valence-electron chi connectivity index (χ1n) is 10.9. The Morgan fingerprint density at radius 1 is 0.625 bits per heavy atom. The van der Waals surface area contributed by atoms with Crippen LogP contribution in [0.1, 0.15) is 38.2 Å². The number of benzene rings is 4. The Hall–Kier alpha value is -3.14. The molecule has 0 unspecified atom stereocenters. The summed E-state index contributed by atoms with van der Waals surface area (Å²) < 4.78 is 57.1. The molecule has 0 aliphatic carbocycles. The second kappa shape index (κ2) is 9.56. The normalized spacial score (nSPS) is 11.3. The first-order valence-corrected chi connectivity index (χ1v) is 10.9. The van der Waals surface area contributed by atoms with Crippen LogP contribution in [0.15, 0.2) is 66.7 Å². The van der Waals surface area contributed by atoms with E-state index in [2.05, 4.69) is 6.92 Å². The van der Waals surface area contributed by atoms with Crippen molar-refractivity contribution in [1.82, 2.24) is 0 Å². The summed E-state index contributed by atoms with van der Waals surface area (Å²) in [6.45, 7) is 2.18. The molecule has 0 N–H and O–H groups in total. The molecule has 4 aromatic rings. The predicted molar refractivity (Wildman–Crippen MR) is 122 cm³/mol. The molecular formula is C28H24F4. The predicted octanol–water partition coefficient (Wildman–Crippen LogP) is 8.85. The SMILES string of the molecule is CCCCCCc1ccc2c(F)c(-c3ccc(-c4cc(F)cc(F)c4)c(F)c3)ccc2c1. The van der Waals surface area contributed by atoms with E-state index in [9.17, 15) is 13.2 Å². The molecule has 0 fully saturated rings. The van der Waals surface area contributed by atoms with E-state index in [0.29, 0.717) is 10.9 Å². The Bertz CT molecular complexity index is 1240. The first kappa shape index (κ1) is 22.1. The van der Waals surface area contributed by atoms with Gasteiger partial charge in [0, 0.05) is 22.6 Å². The Kier molecular flexibility index (Phi) is 6.59. The van der Waals surface area contributed by atoms with E-state index in [1.807, 2.05) is 18.2 Å². The molecular weight excluding hydrogens is 412 g/mol. The molecule has 4 heteroatoms. The number of unbranched alkanes of at least 4 members (excludes halogenated alkanes) is 3. The summed E-state index contributed by atoms with van der Waals surface area (Å²) >= 11 is 0. The van der Waals surface area contributed by atoms with Crippen molar-refractivity contribution in [3.63, 3.8) is 0 Å². The molecule has 0 amide bonds. The molecule has 0 radical (unpaired) electrons. The number of hydrogen-bond acceptors (Lipinski definition) is 0. The molecule has 0 aromatic heterocycles. The van der Waals surface area contributed by atoms with Gasteiger partial charge in [-0.2, -0.15) is 0 Å². The number of rotatable bonds is 7. The van der Waals surface area contributed by atoms with E-state index in [1.165, 1.54) is 37.0 Å². The van der Waals surface area contributed by atoms with E-state index >= 15 is 4.39 Å². The minimum atomic E-state index is -0.784. The van der Waals surface area contributed by atoms with Crippen LogP contribution in [0.2, 0.25) is 0 Å². The van der Waals surface area contributed by atoms with Crippen molar-refractivity contribution in [2.24, 2.45) is 0 Å². The number of fused-ring (bicyclic) bond motifs is 1. The van der Waals surface area contributed by atoms with Crippen molar-refractivity contribution >= 4 is 10.8 Å². The Morgan fingerprint density at radius 2 is 1.38 bits per heavy atom. The third-order valence-electron chi connectivity index (χ3n) is 5.79. The van der Waals surface area contributed by atoms with Gasteiger partial charge >= 0.3 is 0 Å². The topological polar surface area (TPSA) is 0 Å². The molecule has 0 bridgehead atoms. The van der Waals surface area contributed by atoms with E-state index in [4.69, 9.17) is 0 Å². The zero-order valence-corrected chi connectivity index (χ0v) is 17.9. The van der Waals surface area contributed by atoms with E-state index < -0.39 is 23.3 Å². The summed E-state index contributed by atoms with van der Waals surface area (Å²) in [5.74, 6) is -2.65. The minimum Gasteiger partial charge on any atom is -0.207 e. The lowest BCUT2D eigenvalue weighted by Gasteiger charge is -2.11. The largest absolute Gasteiger partial charge is 0.207 e. The van der Waals surface area contributed by atoms with E-state index in [1.54, 1.807) is 18.2 Å². The molecule has 0 aliphatic heterocycles. The molecule has 4 rings (SSSR count). The molecule has 32 heavy (non-hydrogen) atoms. The first-order chi connectivity index (χ1) is 15.5. The third kappa shape index (κ3) is 4.69. The average molecular weight is 436 g/mol. The van der Waals surface area contributed by atoms with E-state index in [-0.39, 0.29) is 16.7 Å². The van der Waals surface area contributed by atoms with Crippen LogP contribution in [0.3, 0.4) is 0 Å². The van der Waals surface area contributed by atoms with Crippen LogP contribution in [-0.4, -0.2) is 0 Å². The Morgan fingerprint density at radius 3 is 2.09 bits per heavy atom. The molecule has 164 valence electrons. The number of hydrogen-bond donors (Lipinski definition) is 0. The summed E-state index contributed by atoms with van der Waals surface area (Å²) in [4.78, 5) is 0. The van der Waals surface area contributed by atoms with Crippen molar-refractivity contribution in [2.45, 2.75) is 39.0 Å². The lowest BCUT2D eigenvalue weighted by molar-refractivity contribution is 0.583. The number of aryl methyl sites for hydroxylation is 1. The molecule has 0 saturated heterocycles. The molecule has 4 aromatic carbocycles. The average Bonchev–Trinajstić information content (AvgIpc) is 2.76. The van der Waals surface area contributed by atoms with Gasteiger partial charge in [-0.1, -0.05) is 68.7 Å². The highest BCUT2D eigenvalue weighted by Gasteiger charge is 2.14. The fourth-order valence-corrected chi connectivity index (χ4v) is 4.10.